The van der Waals surface area contributed by atoms with Gasteiger partial charge in [-0.3, -0.25) is 19.0 Å². The van der Waals surface area contributed by atoms with Gasteiger partial charge in [-0.15, -0.1) is 0 Å². The number of amides is 2. The van der Waals surface area contributed by atoms with E-state index in [4.69, 9.17) is 0 Å². The van der Waals surface area contributed by atoms with Crippen LogP contribution in [-0.4, -0.2) is 33.3 Å². The van der Waals surface area contributed by atoms with E-state index in [9.17, 15) is 14.4 Å². The lowest BCUT2D eigenvalue weighted by atomic mass is 10.1. The molecule has 0 unspecified atom stereocenters. The van der Waals surface area contributed by atoms with Crippen LogP contribution in [-0.2, 0) is 11.3 Å². The highest BCUT2D eigenvalue weighted by molar-refractivity contribution is 6.04. The monoisotopic (exact) mass is 440 g/mol. The summed E-state index contributed by atoms with van der Waals surface area (Å²) in [7, 11) is 1.70. The largest absolute Gasteiger partial charge is 0.337 e. The van der Waals surface area contributed by atoms with Gasteiger partial charge in [-0.2, -0.15) is 0 Å². The Hall–Kier alpha value is -4.26. The summed E-state index contributed by atoms with van der Waals surface area (Å²) >= 11 is 0. The Labute approximate surface area is 191 Å². The summed E-state index contributed by atoms with van der Waals surface area (Å²) in [5, 5.41) is 3.37. The van der Waals surface area contributed by atoms with Gasteiger partial charge in [-0.25, -0.2) is 4.98 Å². The molecule has 4 aromatic rings. The van der Waals surface area contributed by atoms with Gasteiger partial charge in [-0.1, -0.05) is 42.5 Å². The quantitative estimate of drug-likeness (QED) is 0.493. The number of nitrogens with zero attached hydrogens (tertiary/aromatic N) is 3. The van der Waals surface area contributed by atoms with Gasteiger partial charge in [0.25, 0.3) is 11.5 Å². The smallest absolute Gasteiger partial charge is 0.261 e. The van der Waals surface area contributed by atoms with Gasteiger partial charge in [0.15, 0.2) is 0 Å². The molecule has 0 radical (unpaired) electrons. The van der Waals surface area contributed by atoms with Crippen LogP contribution in [0.25, 0.3) is 10.9 Å². The van der Waals surface area contributed by atoms with Crippen molar-refractivity contribution in [2.24, 2.45) is 0 Å². The highest BCUT2D eigenvalue weighted by Crippen LogP contribution is 2.22. The Bertz CT molecular complexity index is 1360. The topological polar surface area (TPSA) is 84.3 Å². The first-order chi connectivity index (χ1) is 15.9. The molecule has 0 spiro atoms. The van der Waals surface area contributed by atoms with Crippen LogP contribution in [0.1, 0.15) is 28.9 Å². The fraction of sp³-hybridized carbons (Fsp3) is 0.154. The fourth-order valence-corrected chi connectivity index (χ4v) is 3.58. The molecule has 4 rings (SSSR count). The first kappa shape index (κ1) is 22.0. The van der Waals surface area contributed by atoms with E-state index in [0.29, 0.717) is 22.2 Å². The summed E-state index contributed by atoms with van der Waals surface area (Å²) in [6.07, 6.45) is 1.40. The first-order valence-electron chi connectivity index (χ1n) is 10.6. The number of para-hydroxylation sites is 1. The molecular weight excluding hydrogens is 416 g/mol. The van der Waals surface area contributed by atoms with Crippen LogP contribution in [0, 0.1) is 0 Å². The highest BCUT2D eigenvalue weighted by atomic mass is 16.2. The standard InChI is InChI=1S/C26H24N4O3/c1-18(20-11-8-12-21(15-20)28-25(32)19-9-4-3-5-10-19)29(2)24(31)16-30-17-27-23-14-7-6-13-22(23)26(30)33/h3-15,17-18H,16H2,1-2H3,(H,28,32)/t18-/m0/s1. The van der Waals surface area contributed by atoms with Crippen molar-refractivity contribution < 1.29 is 9.59 Å². The van der Waals surface area contributed by atoms with Crippen LogP contribution < -0.4 is 10.9 Å². The predicted molar refractivity (Wildman–Crippen MR) is 128 cm³/mol. The van der Waals surface area contributed by atoms with E-state index in [0.717, 1.165) is 5.56 Å². The molecule has 7 heteroatoms. The number of aromatic nitrogens is 2. The zero-order chi connectivity index (χ0) is 23.4. The van der Waals surface area contributed by atoms with Gasteiger partial charge in [-0.05, 0) is 48.9 Å². The van der Waals surface area contributed by atoms with Crippen LogP contribution in [0.15, 0.2) is 90.0 Å². The van der Waals surface area contributed by atoms with Crippen molar-refractivity contribution in [2.45, 2.75) is 19.5 Å². The Morgan fingerprint density at radius 3 is 2.52 bits per heavy atom. The minimum absolute atomic E-state index is 0.109. The van der Waals surface area contributed by atoms with Gasteiger partial charge >= 0.3 is 0 Å². The minimum atomic E-state index is -0.268. The number of nitrogens with one attached hydrogen (secondary N) is 1. The summed E-state index contributed by atoms with van der Waals surface area (Å²) in [5.74, 6) is -0.423. The van der Waals surface area contributed by atoms with Crippen molar-refractivity contribution in [2.75, 3.05) is 12.4 Å². The van der Waals surface area contributed by atoms with Crippen LogP contribution >= 0.6 is 0 Å². The average molecular weight is 441 g/mol. The number of carbonyl (C=O) groups is 2. The Balaban J connectivity index is 1.47. The van der Waals surface area contributed by atoms with Gasteiger partial charge < -0.3 is 10.2 Å². The van der Waals surface area contributed by atoms with Crippen LogP contribution in [0.2, 0.25) is 0 Å². The lowest BCUT2D eigenvalue weighted by Crippen LogP contribution is -2.35. The van der Waals surface area contributed by atoms with E-state index in [2.05, 4.69) is 10.3 Å². The van der Waals surface area contributed by atoms with Crippen molar-refractivity contribution in [1.82, 2.24) is 14.5 Å². The first-order valence-corrected chi connectivity index (χ1v) is 10.6. The predicted octanol–water partition coefficient (Wildman–Crippen LogP) is 3.87. The highest BCUT2D eigenvalue weighted by Gasteiger charge is 2.19. The number of rotatable bonds is 6. The average Bonchev–Trinajstić information content (AvgIpc) is 2.85. The molecule has 0 aliphatic rings. The Kier molecular flexibility index (Phi) is 6.31. The molecule has 0 saturated heterocycles. The van der Waals surface area contributed by atoms with E-state index in [1.54, 1.807) is 48.3 Å². The molecule has 1 aromatic heterocycles. The molecule has 1 heterocycles. The second kappa shape index (κ2) is 9.48. The van der Waals surface area contributed by atoms with E-state index < -0.39 is 0 Å². The number of hydrogen-bond donors (Lipinski definition) is 1. The molecular formula is C26H24N4O3. The second-order valence-corrected chi connectivity index (χ2v) is 7.82. The molecule has 0 aliphatic heterocycles. The Morgan fingerprint density at radius 1 is 1.00 bits per heavy atom. The fourth-order valence-electron chi connectivity index (χ4n) is 3.58. The van der Waals surface area contributed by atoms with E-state index in [1.165, 1.54) is 10.9 Å². The number of benzene rings is 3. The molecule has 0 bridgehead atoms. The molecule has 3 aromatic carbocycles. The summed E-state index contributed by atoms with van der Waals surface area (Å²) in [4.78, 5) is 43.9. The number of anilines is 1. The maximum Gasteiger partial charge on any atom is 0.261 e. The van der Waals surface area contributed by atoms with Crippen molar-refractivity contribution in [1.29, 1.82) is 0 Å². The second-order valence-electron chi connectivity index (χ2n) is 7.82. The third kappa shape index (κ3) is 4.82. The third-order valence-electron chi connectivity index (χ3n) is 5.67. The van der Waals surface area contributed by atoms with Gasteiger partial charge in [0.1, 0.15) is 6.54 Å². The van der Waals surface area contributed by atoms with E-state index >= 15 is 0 Å². The molecule has 0 fully saturated rings. The van der Waals surface area contributed by atoms with Crippen molar-refractivity contribution in [3.05, 3.63) is 107 Å². The molecule has 0 aliphatic carbocycles. The van der Waals surface area contributed by atoms with E-state index in [-0.39, 0.29) is 30.0 Å². The summed E-state index contributed by atoms with van der Waals surface area (Å²) in [6.45, 7) is 1.79. The zero-order valence-corrected chi connectivity index (χ0v) is 18.4. The lowest BCUT2D eigenvalue weighted by Gasteiger charge is -2.26. The summed E-state index contributed by atoms with van der Waals surface area (Å²) < 4.78 is 1.32. The molecule has 1 N–H and O–H groups in total. The Morgan fingerprint density at radius 2 is 1.73 bits per heavy atom. The van der Waals surface area contributed by atoms with Crippen LogP contribution in [0.4, 0.5) is 5.69 Å². The number of fused-ring (bicyclic) bond motifs is 1. The van der Waals surface area contributed by atoms with Crippen molar-refractivity contribution in [3.8, 4) is 0 Å². The van der Waals surface area contributed by atoms with Crippen molar-refractivity contribution in [3.63, 3.8) is 0 Å². The molecule has 7 nitrogen and oxygen atoms in total. The molecule has 1 atom stereocenters. The maximum absolute atomic E-state index is 12.9. The van der Waals surface area contributed by atoms with Gasteiger partial charge in [0, 0.05) is 18.3 Å². The van der Waals surface area contributed by atoms with E-state index in [1.807, 2.05) is 49.4 Å². The van der Waals surface area contributed by atoms with Crippen LogP contribution in [0.3, 0.4) is 0 Å². The number of likely N-dealkylation sites (N-methyl/N-ethyl adjacent to an activating group) is 1. The third-order valence-corrected chi connectivity index (χ3v) is 5.67. The summed E-state index contributed by atoms with van der Waals surface area (Å²) in [5.41, 5.74) is 2.42. The van der Waals surface area contributed by atoms with Gasteiger partial charge in [0.05, 0.1) is 23.3 Å². The normalized spacial score (nSPS) is 11.7. The minimum Gasteiger partial charge on any atom is -0.337 e. The SMILES string of the molecule is C[C@@H](c1cccc(NC(=O)c2ccccc2)c1)N(C)C(=O)Cn1cnc2ccccc2c1=O. The summed E-state index contributed by atoms with van der Waals surface area (Å²) in [6, 6.07) is 23.1. The number of hydrogen-bond acceptors (Lipinski definition) is 4. The zero-order valence-electron chi connectivity index (χ0n) is 18.4. The maximum atomic E-state index is 12.9. The molecule has 166 valence electrons. The van der Waals surface area contributed by atoms with Crippen molar-refractivity contribution >= 4 is 28.4 Å². The lowest BCUT2D eigenvalue weighted by molar-refractivity contribution is -0.132. The molecule has 2 amide bonds. The number of carbonyl (C=O) groups excluding carboxylic acids is 2. The molecule has 33 heavy (non-hydrogen) atoms. The van der Waals surface area contributed by atoms with Gasteiger partial charge in [0.2, 0.25) is 5.91 Å². The molecule has 0 saturated carbocycles. The van der Waals surface area contributed by atoms with Crippen LogP contribution in [0.5, 0.6) is 0 Å².